The maximum Gasteiger partial charge on any atom is 0.214 e. The molecule has 0 atom stereocenters. The van der Waals surface area contributed by atoms with Gasteiger partial charge in [-0.05, 0) is 48.2 Å². The minimum atomic E-state index is 0.637. The summed E-state index contributed by atoms with van der Waals surface area (Å²) in [5.74, 6) is 0. The van der Waals surface area contributed by atoms with Crippen LogP contribution in [0.3, 0.4) is 0 Å². The quantitative estimate of drug-likeness (QED) is 0.712. The molecule has 0 aliphatic heterocycles. The summed E-state index contributed by atoms with van der Waals surface area (Å²) < 4.78 is 0. The molecule has 1 aromatic heterocycles. The average molecular weight is 254 g/mol. The van der Waals surface area contributed by atoms with E-state index in [1.165, 1.54) is 11.8 Å². The molecule has 2 aromatic carbocycles. The van der Waals surface area contributed by atoms with Gasteiger partial charge in [0.25, 0.3) is 0 Å². The zero-order valence-corrected chi connectivity index (χ0v) is 10.3. The van der Waals surface area contributed by atoms with Crippen LogP contribution < -0.4 is 5.73 Å². The topological polar surface area (TPSA) is 64.7 Å². The number of rotatable bonds is 2. The monoisotopic (exact) mass is 254 g/mol. The molecule has 0 fully saturated rings. The van der Waals surface area contributed by atoms with Gasteiger partial charge in [0.1, 0.15) is 5.52 Å². The van der Waals surface area contributed by atoms with E-state index < -0.39 is 0 Å². The molecule has 0 amide bonds. The summed E-state index contributed by atoms with van der Waals surface area (Å²) in [5, 5.41) is 8.87. The van der Waals surface area contributed by atoms with Crippen molar-refractivity contribution in [2.24, 2.45) is 0 Å². The van der Waals surface area contributed by atoms with E-state index in [9.17, 15) is 0 Å². The Balaban J connectivity index is 1.92. The van der Waals surface area contributed by atoms with Crippen molar-refractivity contribution in [1.29, 1.82) is 0 Å². The van der Waals surface area contributed by atoms with Gasteiger partial charge in [0, 0.05) is 10.6 Å². The van der Waals surface area contributed by atoms with Gasteiger partial charge in [0.2, 0.25) is 5.16 Å². The van der Waals surface area contributed by atoms with Crippen molar-refractivity contribution >= 4 is 28.5 Å². The molecule has 88 valence electrons. The van der Waals surface area contributed by atoms with Gasteiger partial charge in [-0.15, -0.1) is 10.2 Å². The summed E-state index contributed by atoms with van der Waals surface area (Å²) in [6.07, 6.45) is 0. The number of anilines is 1. The van der Waals surface area contributed by atoms with Crippen LogP contribution >= 0.6 is 11.8 Å². The van der Waals surface area contributed by atoms with E-state index in [1.54, 1.807) is 0 Å². The Morgan fingerprint density at radius 1 is 0.833 bits per heavy atom. The number of nitrogens with zero attached hydrogens (tertiary/aromatic N) is 3. The predicted molar refractivity (Wildman–Crippen MR) is 72.3 cm³/mol. The molecule has 0 radical (unpaired) electrons. The third kappa shape index (κ3) is 2.26. The molecule has 1 heterocycles. The lowest BCUT2D eigenvalue weighted by Crippen LogP contribution is -1.92. The fourth-order valence-electron chi connectivity index (χ4n) is 1.55. The normalized spacial score (nSPS) is 10.7. The van der Waals surface area contributed by atoms with Crippen LogP contribution in [-0.2, 0) is 0 Å². The lowest BCUT2D eigenvalue weighted by Gasteiger charge is -2.01. The first kappa shape index (κ1) is 11.0. The zero-order chi connectivity index (χ0) is 12.4. The van der Waals surface area contributed by atoms with Crippen LogP contribution in [0.25, 0.3) is 11.0 Å². The number of hydrogen-bond donors (Lipinski definition) is 1. The second-order valence-electron chi connectivity index (χ2n) is 3.75. The highest BCUT2D eigenvalue weighted by atomic mass is 32.2. The first-order chi connectivity index (χ1) is 8.81. The van der Waals surface area contributed by atoms with Crippen molar-refractivity contribution < 1.29 is 0 Å². The largest absolute Gasteiger partial charge is 0.399 e. The molecule has 0 saturated carbocycles. The molecule has 3 rings (SSSR count). The minimum absolute atomic E-state index is 0.637. The highest BCUT2D eigenvalue weighted by molar-refractivity contribution is 7.99. The molecule has 2 N–H and O–H groups in total. The summed E-state index contributed by atoms with van der Waals surface area (Å²) in [4.78, 5) is 5.49. The Kier molecular flexibility index (Phi) is 2.82. The highest BCUT2D eigenvalue weighted by Gasteiger charge is 2.03. The lowest BCUT2D eigenvalue weighted by molar-refractivity contribution is 0.880. The maximum atomic E-state index is 5.64. The third-order valence-electron chi connectivity index (χ3n) is 2.43. The van der Waals surface area contributed by atoms with Gasteiger partial charge in [-0.25, -0.2) is 4.98 Å². The maximum absolute atomic E-state index is 5.64. The SMILES string of the molecule is Nc1ccc(Sc2nnc3ccccc3n2)cc1. The van der Waals surface area contributed by atoms with Gasteiger partial charge >= 0.3 is 0 Å². The van der Waals surface area contributed by atoms with Crippen molar-refractivity contribution in [3.05, 3.63) is 48.5 Å². The van der Waals surface area contributed by atoms with Crippen LogP contribution in [-0.4, -0.2) is 15.2 Å². The second-order valence-corrected chi connectivity index (χ2v) is 4.79. The van der Waals surface area contributed by atoms with Gasteiger partial charge < -0.3 is 5.73 Å². The summed E-state index contributed by atoms with van der Waals surface area (Å²) >= 11 is 1.47. The fraction of sp³-hybridized carbons (Fsp3) is 0. The van der Waals surface area contributed by atoms with Crippen LogP contribution in [0.2, 0.25) is 0 Å². The van der Waals surface area contributed by atoms with Crippen LogP contribution in [0.1, 0.15) is 0 Å². The molecule has 4 nitrogen and oxygen atoms in total. The molecule has 0 aliphatic carbocycles. The summed E-state index contributed by atoms with van der Waals surface area (Å²) in [6.45, 7) is 0. The number of nitrogen functional groups attached to an aromatic ring is 1. The molecule has 0 saturated heterocycles. The molecule has 0 aliphatic rings. The number of aromatic nitrogens is 3. The van der Waals surface area contributed by atoms with Gasteiger partial charge in [0.05, 0.1) is 5.52 Å². The van der Waals surface area contributed by atoms with E-state index >= 15 is 0 Å². The fourth-order valence-corrected chi connectivity index (χ4v) is 2.26. The summed E-state index contributed by atoms with van der Waals surface area (Å²) in [6, 6.07) is 15.3. The minimum Gasteiger partial charge on any atom is -0.399 e. The van der Waals surface area contributed by atoms with Gasteiger partial charge in [-0.2, -0.15) is 0 Å². The highest BCUT2D eigenvalue weighted by Crippen LogP contribution is 2.25. The number of benzene rings is 2. The van der Waals surface area contributed by atoms with E-state index in [0.717, 1.165) is 21.6 Å². The van der Waals surface area contributed by atoms with E-state index in [2.05, 4.69) is 15.2 Å². The summed E-state index contributed by atoms with van der Waals surface area (Å²) in [5.41, 5.74) is 8.05. The van der Waals surface area contributed by atoms with Crippen LogP contribution in [0.5, 0.6) is 0 Å². The Bertz CT molecular complexity index is 682. The lowest BCUT2D eigenvalue weighted by atomic mass is 10.3. The number of nitrogens with two attached hydrogens (primary N) is 1. The molecule has 0 spiro atoms. The van der Waals surface area contributed by atoms with Crippen LogP contribution in [0.4, 0.5) is 5.69 Å². The number of hydrogen-bond acceptors (Lipinski definition) is 5. The number of para-hydroxylation sites is 1. The Labute approximate surface area is 108 Å². The molecular formula is C13H10N4S. The standard InChI is InChI=1S/C13H10N4S/c14-9-5-7-10(8-6-9)18-13-15-11-3-1-2-4-12(11)16-17-13/h1-8H,14H2. The van der Waals surface area contributed by atoms with Crippen molar-refractivity contribution in [2.75, 3.05) is 5.73 Å². The van der Waals surface area contributed by atoms with Crippen molar-refractivity contribution in [3.8, 4) is 0 Å². The third-order valence-corrected chi connectivity index (χ3v) is 3.29. The van der Waals surface area contributed by atoms with E-state index in [4.69, 9.17) is 5.73 Å². The molecule has 3 aromatic rings. The smallest absolute Gasteiger partial charge is 0.214 e. The first-order valence-electron chi connectivity index (χ1n) is 5.44. The molecular weight excluding hydrogens is 244 g/mol. The van der Waals surface area contributed by atoms with Gasteiger partial charge in [0.15, 0.2) is 0 Å². The molecule has 18 heavy (non-hydrogen) atoms. The Morgan fingerprint density at radius 2 is 1.56 bits per heavy atom. The molecule has 5 heteroatoms. The molecule has 0 bridgehead atoms. The predicted octanol–water partition coefficient (Wildman–Crippen LogP) is 2.76. The second kappa shape index (κ2) is 4.62. The Morgan fingerprint density at radius 3 is 2.33 bits per heavy atom. The Hall–Kier alpha value is -2.14. The first-order valence-corrected chi connectivity index (χ1v) is 6.26. The van der Waals surface area contributed by atoms with E-state index in [1.807, 2.05) is 48.5 Å². The molecule has 0 unspecified atom stereocenters. The van der Waals surface area contributed by atoms with Crippen molar-refractivity contribution in [1.82, 2.24) is 15.2 Å². The van der Waals surface area contributed by atoms with Crippen molar-refractivity contribution in [2.45, 2.75) is 10.1 Å². The van der Waals surface area contributed by atoms with Crippen LogP contribution in [0.15, 0.2) is 58.6 Å². The zero-order valence-electron chi connectivity index (χ0n) is 9.45. The number of fused-ring (bicyclic) bond motifs is 1. The average Bonchev–Trinajstić information content (AvgIpc) is 2.41. The van der Waals surface area contributed by atoms with E-state index in [0.29, 0.717) is 5.16 Å². The van der Waals surface area contributed by atoms with Crippen molar-refractivity contribution in [3.63, 3.8) is 0 Å². The summed E-state index contributed by atoms with van der Waals surface area (Å²) in [7, 11) is 0. The van der Waals surface area contributed by atoms with Gasteiger partial charge in [-0.1, -0.05) is 12.1 Å². The van der Waals surface area contributed by atoms with E-state index in [-0.39, 0.29) is 0 Å². The van der Waals surface area contributed by atoms with Crippen LogP contribution in [0, 0.1) is 0 Å². The van der Waals surface area contributed by atoms with Gasteiger partial charge in [-0.3, -0.25) is 0 Å².